The Balaban J connectivity index is 1.66. The first kappa shape index (κ1) is 19.2. The van der Waals surface area contributed by atoms with E-state index in [1.54, 1.807) is 0 Å². The number of ether oxygens (including phenoxy) is 1. The van der Waals surface area contributed by atoms with E-state index in [1.165, 1.54) is 30.2 Å². The first-order valence-corrected chi connectivity index (χ1v) is 11.0. The van der Waals surface area contributed by atoms with Crippen molar-refractivity contribution < 1.29 is 13.5 Å². The van der Waals surface area contributed by atoms with Gasteiger partial charge in [-0.1, -0.05) is 65.8 Å². The number of nitrogens with zero attached hydrogens (tertiary/aromatic N) is 1. The maximum Gasteiger partial charge on any atom is 0.222 e. The number of halogens is 2. The molecule has 138 valence electrons. The lowest BCUT2D eigenvalue weighted by Crippen LogP contribution is -2.07. The van der Waals surface area contributed by atoms with E-state index in [9.17, 15) is 8.78 Å². The Morgan fingerprint density at radius 3 is 2.50 bits per heavy atom. The van der Waals surface area contributed by atoms with Gasteiger partial charge in [0.15, 0.2) is 0 Å². The third-order valence-electron chi connectivity index (χ3n) is 4.22. The molecule has 0 aliphatic carbocycles. The van der Waals surface area contributed by atoms with Crippen molar-refractivity contribution in [3.8, 4) is 0 Å². The maximum absolute atomic E-state index is 13.9. The highest BCUT2D eigenvalue weighted by Gasteiger charge is 2.26. The minimum absolute atomic E-state index is 0.0372. The van der Waals surface area contributed by atoms with Crippen LogP contribution in [0.4, 0.5) is 8.78 Å². The molecule has 2 nitrogen and oxygen atoms in total. The van der Waals surface area contributed by atoms with E-state index in [0.29, 0.717) is 11.9 Å². The molecule has 0 fully saturated rings. The van der Waals surface area contributed by atoms with E-state index in [2.05, 4.69) is 31.0 Å². The van der Waals surface area contributed by atoms with Gasteiger partial charge in [-0.25, -0.2) is 13.8 Å². The summed E-state index contributed by atoms with van der Waals surface area (Å²) in [5, 5.41) is 0.654. The van der Waals surface area contributed by atoms with E-state index in [-0.39, 0.29) is 17.5 Å². The van der Waals surface area contributed by atoms with Gasteiger partial charge in [0.05, 0.1) is 0 Å². The maximum atomic E-state index is 13.9. The highest BCUT2D eigenvalue weighted by molar-refractivity contribution is 8.76. The van der Waals surface area contributed by atoms with Gasteiger partial charge >= 0.3 is 0 Å². The Hall–Kier alpha value is -1.53. The molecular weight excluding hydrogens is 372 g/mol. The smallest absolute Gasteiger partial charge is 0.222 e. The average molecular weight is 394 g/mol. The molecule has 0 aromatic heterocycles. The third-order valence-corrected chi connectivity index (χ3v) is 7.22. The Bertz CT molecular complexity index is 760. The highest BCUT2D eigenvalue weighted by Crippen LogP contribution is 2.32. The predicted octanol–water partition coefficient (Wildman–Crippen LogP) is 6.16. The van der Waals surface area contributed by atoms with Gasteiger partial charge in [0.1, 0.15) is 29.8 Å². The molecule has 0 radical (unpaired) electrons. The molecule has 0 spiro atoms. The van der Waals surface area contributed by atoms with Gasteiger partial charge in [-0.15, -0.1) is 0 Å². The second kappa shape index (κ2) is 8.91. The highest BCUT2D eigenvalue weighted by atomic mass is 33.1. The molecule has 1 aliphatic rings. The third kappa shape index (κ3) is 4.60. The fraction of sp³-hybridized carbons (Fsp3) is 0.350. The fourth-order valence-corrected chi connectivity index (χ4v) is 4.99. The quantitative estimate of drug-likeness (QED) is 0.526. The van der Waals surface area contributed by atoms with Gasteiger partial charge in [-0.2, -0.15) is 0 Å². The normalized spacial score (nSPS) is 17.7. The summed E-state index contributed by atoms with van der Waals surface area (Å²) in [6, 6.07) is 11.7. The average Bonchev–Trinajstić information content (AvgIpc) is 3.11. The lowest BCUT2D eigenvalue weighted by molar-refractivity contribution is 0.317. The number of aliphatic imine (C=N–C) groups is 1. The molecule has 0 amide bonds. The largest absolute Gasteiger partial charge is 0.475 e. The van der Waals surface area contributed by atoms with Crippen LogP contribution >= 0.6 is 21.6 Å². The van der Waals surface area contributed by atoms with Crippen LogP contribution in [0.2, 0.25) is 0 Å². The summed E-state index contributed by atoms with van der Waals surface area (Å²) in [4.78, 5) is 4.38. The van der Waals surface area contributed by atoms with Crippen LogP contribution in [-0.4, -0.2) is 17.8 Å². The molecule has 1 aliphatic heterocycles. The fourth-order valence-electron chi connectivity index (χ4n) is 2.51. The Morgan fingerprint density at radius 2 is 1.85 bits per heavy atom. The zero-order chi connectivity index (χ0) is 18.5. The summed E-state index contributed by atoms with van der Waals surface area (Å²) < 4.78 is 33.2. The molecule has 6 heteroatoms. The lowest BCUT2D eigenvalue weighted by atomic mass is 10.1. The zero-order valence-electron chi connectivity index (χ0n) is 14.7. The molecule has 0 saturated heterocycles. The molecule has 0 saturated carbocycles. The van der Waals surface area contributed by atoms with Crippen LogP contribution in [0.15, 0.2) is 47.5 Å². The van der Waals surface area contributed by atoms with E-state index in [0.717, 1.165) is 11.3 Å². The minimum Gasteiger partial charge on any atom is -0.475 e. The second-order valence-electron chi connectivity index (χ2n) is 6.18. The number of hydrogen-bond donors (Lipinski definition) is 0. The van der Waals surface area contributed by atoms with Crippen molar-refractivity contribution in [2.75, 3.05) is 6.61 Å². The van der Waals surface area contributed by atoms with Crippen LogP contribution in [0.1, 0.15) is 43.0 Å². The van der Waals surface area contributed by atoms with Crippen LogP contribution in [0.5, 0.6) is 0 Å². The van der Waals surface area contributed by atoms with Crippen molar-refractivity contribution in [2.45, 2.75) is 37.3 Å². The Morgan fingerprint density at radius 1 is 1.15 bits per heavy atom. The van der Waals surface area contributed by atoms with Crippen LogP contribution in [0.25, 0.3) is 0 Å². The predicted molar refractivity (Wildman–Crippen MR) is 107 cm³/mol. The van der Waals surface area contributed by atoms with E-state index < -0.39 is 11.6 Å². The molecule has 0 bridgehead atoms. The molecule has 2 aromatic rings. The molecule has 3 rings (SSSR count). The van der Waals surface area contributed by atoms with Gasteiger partial charge in [0.25, 0.3) is 0 Å². The Labute approximate surface area is 160 Å². The van der Waals surface area contributed by atoms with Crippen LogP contribution < -0.4 is 0 Å². The number of benzene rings is 2. The van der Waals surface area contributed by atoms with Crippen molar-refractivity contribution in [3.05, 3.63) is 70.8 Å². The molecule has 2 atom stereocenters. The first-order chi connectivity index (χ1) is 12.6. The van der Waals surface area contributed by atoms with Crippen LogP contribution in [-0.2, 0) is 10.5 Å². The van der Waals surface area contributed by atoms with Crippen molar-refractivity contribution in [3.63, 3.8) is 0 Å². The SMILES string of the molecule is CCC(C)SSCc1ccc(C2COC(c3c(F)cccc3F)=N2)cc1. The Kier molecular flexibility index (Phi) is 6.59. The van der Waals surface area contributed by atoms with Gasteiger partial charge in [-0.05, 0) is 29.7 Å². The van der Waals surface area contributed by atoms with Crippen LogP contribution in [0.3, 0.4) is 0 Å². The summed E-state index contributed by atoms with van der Waals surface area (Å²) in [6.45, 7) is 4.72. The first-order valence-electron chi connectivity index (χ1n) is 8.60. The molecule has 0 N–H and O–H groups in total. The lowest BCUT2D eigenvalue weighted by Gasteiger charge is -2.09. The zero-order valence-corrected chi connectivity index (χ0v) is 16.4. The summed E-state index contributed by atoms with van der Waals surface area (Å²) in [5.74, 6) is -0.327. The molecule has 1 heterocycles. The van der Waals surface area contributed by atoms with Crippen molar-refractivity contribution >= 4 is 27.5 Å². The monoisotopic (exact) mass is 393 g/mol. The van der Waals surface area contributed by atoms with Gasteiger partial charge in [0, 0.05) is 11.0 Å². The molecule has 2 aromatic carbocycles. The van der Waals surface area contributed by atoms with Gasteiger partial charge < -0.3 is 4.74 Å². The minimum atomic E-state index is -0.657. The van der Waals surface area contributed by atoms with Crippen molar-refractivity contribution in [1.29, 1.82) is 0 Å². The van der Waals surface area contributed by atoms with Gasteiger partial charge in [-0.3, -0.25) is 0 Å². The van der Waals surface area contributed by atoms with Crippen molar-refractivity contribution in [2.24, 2.45) is 4.99 Å². The van der Waals surface area contributed by atoms with E-state index in [4.69, 9.17) is 4.74 Å². The molecule has 2 unspecified atom stereocenters. The molecule has 26 heavy (non-hydrogen) atoms. The summed E-state index contributed by atoms with van der Waals surface area (Å²) >= 11 is 0. The summed E-state index contributed by atoms with van der Waals surface area (Å²) in [5.41, 5.74) is 2.04. The summed E-state index contributed by atoms with van der Waals surface area (Å²) in [7, 11) is 3.76. The second-order valence-corrected chi connectivity index (χ2v) is 8.98. The van der Waals surface area contributed by atoms with E-state index >= 15 is 0 Å². The van der Waals surface area contributed by atoms with Gasteiger partial charge in [0.2, 0.25) is 5.90 Å². The van der Waals surface area contributed by atoms with Crippen LogP contribution in [0, 0.1) is 11.6 Å². The number of hydrogen-bond acceptors (Lipinski definition) is 4. The van der Waals surface area contributed by atoms with E-state index in [1.807, 2.05) is 33.7 Å². The standard InChI is InChI=1S/C20H21F2NOS2/c1-3-13(2)26-25-12-14-7-9-15(10-8-14)18-11-24-20(23-18)19-16(21)5-4-6-17(19)22/h4-10,13,18H,3,11-12H2,1-2H3. The topological polar surface area (TPSA) is 21.6 Å². The molecular formula is C20H21F2NOS2. The summed E-state index contributed by atoms with van der Waals surface area (Å²) in [6.07, 6.45) is 1.17. The number of rotatable bonds is 7. The van der Waals surface area contributed by atoms with Crippen molar-refractivity contribution in [1.82, 2.24) is 0 Å².